The molecule has 13 heavy (non-hydrogen) atoms. The van der Waals surface area contributed by atoms with Gasteiger partial charge in [-0.25, -0.2) is 4.98 Å². The lowest BCUT2D eigenvalue weighted by molar-refractivity contribution is -0.113. The minimum atomic E-state index is -0.502. The monoisotopic (exact) mass is 196 g/mol. The lowest BCUT2D eigenvalue weighted by atomic mass is 10.2. The van der Waals surface area contributed by atoms with Crippen molar-refractivity contribution in [2.75, 3.05) is 0 Å². The molecule has 68 valence electrons. The van der Waals surface area contributed by atoms with Gasteiger partial charge in [-0.15, -0.1) is 0 Å². The Labute approximate surface area is 81.2 Å². The van der Waals surface area contributed by atoms with Gasteiger partial charge in [0.25, 0.3) is 0 Å². The quantitative estimate of drug-likeness (QED) is 0.576. The summed E-state index contributed by atoms with van der Waals surface area (Å²) in [7, 11) is 0. The predicted molar refractivity (Wildman–Crippen MR) is 52.2 cm³/mol. The number of pyridine rings is 1. The van der Waals surface area contributed by atoms with Gasteiger partial charge in [-0.2, -0.15) is 0 Å². The molecule has 0 spiro atoms. The van der Waals surface area contributed by atoms with Gasteiger partial charge in [-0.05, 0) is 24.6 Å². The number of nitrogens with zero attached hydrogens (tertiary/aromatic N) is 1. The van der Waals surface area contributed by atoms with Crippen molar-refractivity contribution in [3.63, 3.8) is 0 Å². The first-order valence-electron chi connectivity index (χ1n) is 3.69. The fraction of sp³-hybridized carbons (Fsp3) is 0.111. The third-order valence-electron chi connectivity index (χ3n) is 1.43. The van der Waals surface area contributed by atoms with Gasteiger partial charge in [0.1, 0.15) is 5.15 Å². The number of hydrogen-bond donors (Lipinski definition) is 1. The van der Waals surface area contributed by atoms with Crippen molar-refractivity contribution >= 4 is 23.6 Å². The average molecular weight is 197 g/mol. The van der Waals surface area contributed by atoms with Crippen LogP contribution in [0.3, 0.4) is 0 Å². The highest BCUT2D eigenvalue weighted by atomic mass is 35.5. The van der Waals surface area contributed by atoms with Crippen molar-refractivity contribution in [1.29, 1.82) is 0 Å². The fourth-order valence-corrected chi connectivity index (χ4v) is 1.03. The van der Waals surface area contributed by atoms with Gasteiger partial charge in [0, 0.05) is 17.8 Å². The van der Waals surface area contributed by atoms with E-state index in [1.807, 2.05) is 13.0 Å². The molecule has 0 aliphatic carbocycles. The number of amides is 1. The van der Waals surface area contributed by atoms with E-state index in [4.69, 9.17) is 17.3 Å². The van der Waals surface area contributed by atoms with Gasteiger partial charge < -0.3 is 5.73 Å². The number of primary amides is 1. The van der Waals surface area contributed by atoms with Crippen molar-refractivity contribution < 1.29 is 4.79 Å². The Morgan fingerprint density at radius 3 is 3.00 bits per heavy atom. The number of rotatable bonds is 2. The molecule has 0 atom stereocenters. The molecule has 0 unspecified atom stereocenters. The third kappa shape index (κ3) is 2.87. The average Bonchev–Trinajstić information content (AvgIpc) is 2.06. The fourth-order valence-electron chi connectivity index (χ4n) is 0.864. The first-order valence-corrected chi connectivity index (χ1v) is 4.07. The molecule has 0 aliphatic rings. The number of hydrogen-bond acceptors (Lipinski definition) is 2. The van der Waals surface area contributed by atoms with E-state index in [0.717, 1.165) is 5.56 Å². The van der Waals surface area contributed by atoms with Crippen LogP contribution in [0.25, 0.3) is 6.08 Å². The summed E-state index contributed by atoms with van der Waals surface area (Å²) in [6.07, 6.45) is 4.46. The van der Waals surface area contributed by atoms with E-state index in [1.165, 1.54) is 6.08 Å². The molecule has 3 nitrogen and oxygen atoms in total. The molecule has 0 saturated carbocycles. The molecule has 0 aromatic carbocycles. The molecule has 0 radical (unpaired) electrons. The first kappa shape index (κ1) is 9.74. The van der Waals surface area contributed by atoms with E-state index in [0.29, 0.717) is 10.7 Å². The van der Waals surface area contributed by atoms with Gasteiger partial charge in [0.05, 0.1) is 0 Å². The second-order valence-corrected chi connectivity index (χ2v) is 2.99. The van der Waals surface area contributed by atoms with Crippen LogP contribution in [0, 0.1) is 6.92 Å². The van der Waals surface area contributed by atoms with Gasteiger partial charge in [-0.1, -0.05) is 11.6 Å². The van der Waals surface area contributed by atoms with Gasteiger partial charge in [-0.3, -0.25) is 4.79 Å². The smallest absolute Gasteiger partial charge is 0.241 e. The van der Waals surface area contributed by atoms with E-state index in [-0.39, 0.29) is 0 Å². The minimum Gasteiger partial charge on any atom is -0.366 e. The van der Waals surface area contributed by atoms with Gasteiger partial charge in [0.2, 0.25) is 5.91 Å². The highest BCUT2D eigenvalue weighted by Crippen LogP contribution is 2.15. The Balaban J connectivity index is 3.00. The van der Waals surface area contributed by atoms with Gasteiger partial charge >= 0.3 is 0 Å². The summed E-state index contributed by atoms with van der Waals surface area (Å²) in [4.78, 5) is 14.4. The first-order chi connectivity index (χ1) is 6.09. The van der Waals surface area contributed by atoms with Crippen LogP contribution in [-0.2, 0) is 4.79 Å². The normalized spacial score (nSPS) is 10.6. The van der Waals surface area contributed by atoms with Crippen LogP contribution < -0.4 is 5.73 Å². The molecule has 1 rings (SSSR count). The lowest BCUT2D eigenvalue weighted by Crippen LogP contribution is -2.05. The largest absolute Gasteiger partial charge is 0.366 e. The molecule has 2 N–H and O–H groups in total. The number of aromatic nitrogens is 1. The minimum absolute atomic E-state index is 0.364. The van der Waals surface area contributed by atoms with Crippen molar-refractivity contribution in [3.8, 4) is 0 Å². The van der Waals surface area contributed by atoms with Crippen LogP contribution in [0.2, 0.25) is 5.15 Å². The summed E-state index contributed by atoms with van der Waals surface area (Å²) in [5.74, 6) is -0.502. The van der Waals surface area contributed by atoms with Crippen LogP contribution >= 0.6 is 11.6 Å². The molecule has 1 aromatic heterocycles. The third-order valence-corrected chi connectivity index (χ3v) is 1.75. The maximum absolute atomic E-state index is 10.4. The van der Waals surface area contributed by atoms with Crippen LogP contribution in [0.15, 0.2) is 18.3 Å². The maximum atomic E-state index is 10.4. The molecular weight excluding hydrogens is 188 g/mol. The lowest BCUT2D eigenvalue weighted by Gasteiger charge is -1.97. The number of carbonyl (C=O) groups excluding carboxylic acids is 1. The Bertz CT molecular complexity index is 361. The molecule has 1 heterocycles. The molecule has 0 bridgehead atoms. The SMILES string of the molecule is Cc1cnc(Cl)c(C=CC(N)=O)c1. The summed E-state index contributed by atoms with van der Waals surface area (Å²) < 4.78 is 0. The second-order valence-electron chi connectivity index (χ2n) is 2.63. The van der Waals surface area contributed by atoms with Crippen LogP contribution in [0.4, 0.5) is 0 Å². The highest BCUT2D eigenvalue weighted by Gasteiger charge is 1.97. The molecule has 1 amide bonds. The number of halogens is 1. The van der Waals surface area contributed by atoms with E-state index < -0.39 is 5.91 Å². The molecule has 0 aliphatic heterocycles. The Morgan fingerprint density at radius 1 is 1.69 bits per heavy atom. The van der Waals surface area contributed by atoms with Gasteiger partial charge in [0.15, 0.2) is 0 Å². The summed E-state index contributed by atoms with van der Waals surface area (Å²) >= 11 is 5.77. The summed E-state index contributed by atoms with van der Waals surface area (Å²) in [6, 6.07) is 1.83. The standard InChI is InChI=1S/C9H9ClN2O/c1-6-4-7(2-3-8(11)13)9(10)12-5-6/h2-5H,1H3,(H2,11,13). The Morgan fingerprint density at radius 2 is 2.38 bits per heavy atom. The second kappa shape index (κ2) is 4.05. The predicted octanol–water partition coefficient (Wildman–Crippen LogP) is 1.54. The van der Waals surface area contributed by atoms with E-state index in [9.17, 15) is 4.79 Å². The van der Waals surface area contributed by atoms with Crippen LogP contribution in [-0.4, -0.2) is 10.9 Å². The van der Waals surface area contributed by atoms with Crippen molar-refractivity contribution in [1.82, 2.24) is 4.98 Å². The number of nitrogens with two attached hydrogens (primary N) is 1. The van der Waals surface area contributed by atoms with Crippen molar-refractivity contribution in [3.05, 3.63) is 34.6 Å². The summed E-state index contributed by atoms with van der Waals surface area (Å²) in [6.45, 7) is 1.89. The molecule has 4 heteroatoms. The summed E-state index contributed by atoms with van der Waals surface area (Å²) in [5.41, 5.74) is 6.61. The maximum Gasteiger partial charge on any atom is 0.241 e. The summed E-state index contributed by atoms with van der Waals surface area (Å²) in [5, 5.41) is 0.364. The molecule has 0 fully saturated rings. The highest BCUT2D eigenvalue weighted by molar-refractivity contribution is 6.30. The zero-order chi connectivity index (χ0) is 9.84. The molecule has 1 aromatic rings. The van der Waals surface area contributed by atoms with E-state index in [2.05, 4.69) is 4.98 Å². The zero-order valence-corrected chi connectivity index (χ0v) is 7.88. The van der Waals surface area contributed by atoms with Crippen LogP contribution in [0.5, 0.6) is 0 Å². The van der Waals surface area contributed by atoms with Crippen molar-refractivity contribution in [2.24, 2.45) is 5.73 Å². The van der Waals surface area contributed by atoms with Crippen molar-refractivity contribution in [2.45, 2.75) is 6.92 Å². The molecule has 0 saturated heterocycles. The topological polar surface area (TPSA) is 56.0 Å². The van der Waals surface area contributed by atoms with E-state index in [1.54, 1.807) is 12.3 Å². The van der Waals surface area contributed by atoms with Crippen LogP contribution in [0.1, 0.15) is 11.1 Å². The zero-order valence-electron chi connectivity index (χ0n) is 7.12. The van der Waals surface area contributed by atoms with E-state index >= 15 is 0 Å². The number of carbonyl (C=O) groups is 1. The molecular formula is C9H9ClN2O. The number of aryl methyl sites for hydroxylation is 1. The Kier molecular flexibility index (Phi) is 3.03. The Hall–Kier alpha value is -1.35.